The lowest BCUT2D eigenvalue weighted by Crippen LogP contribution is -2.15. The maximum Gasteiger partial charge on any atom is 0.225 e. The first-order valence-corrected chi connectivity index (χ1v) is 8.88. The van der Waals surface area contributed by atoms with Crippen molar-refractivity contribution in [2.24, 2.45) is 5.92 Å². The molecule has 1 amide bonds. The highest BCUT2D eigenvalue weighted by Crippen LogP contribution is 2.31. The van der Waals surface area contributed by atoms with Gasteiger partial charge in [0.25, 0.3) is 0 Å². The van der Waals surface area contributed by atoms with Crippen LogP contribution in [0.5, 0.6) is 0 Å². The second-order valence-corrected chi connectivity index (χ2v) is 6.95. The predicted octanol–water partition coefficient (Wildman–Crippen LogP) is 5.14. The van der Waals surface area contributed by atoms with Crippen LogP contribution in [-0.2, 0) is 4.79 Å². The molecule has 0 aliphatic carbocycles. The SMILES string of the molecule is CC(C)CC(=O)Nc1c(-c2ccc3ccccc3c2)nc2ccccn12. The van der Waals surface area contributed by atoms with Crippen molar-refractivity contribution in [1.29, 1.82) is 0 Å². The molecule has 0 aliphatic heterocycles. The van der Waals surface area contributed by atoms with E-state index in [-0.39, 0.29) is 5.91 Å². The first-order chi connectivity index (χ1) is 12.6. The molecule has 0 bridgehead atoms. The molecule has 2 aromatic heterocycles. The lowest BCUT2D eigenvalue weighted by molar-refractivity contribution is -0.116. The molecule has 4 aromatic rings. The van der Waals surface area contributed by atoms with Crippen LogP contribution in [0.4, 0.5) is 5.82 Å². The van der Waals surface area contributed by atoms with Crippen molar-refractivity contribution in [3.8, 4) is 11.3 Å². The third-order valence-electron chi connectivity index (χ3n) is 4.40. The van der Waals surface area contributed by atoms with Crippen LogP contribution in [0.2, 0.25) is 0 Å². The van der Waals surface area contributed by atoms with Gasteiger partial charge in [0, 0.05) is 18.2 Å². The van der Waals surface area contributed by atoms with Crippen LogP contribution in [0, 0.1) is 5.92 Å². The summed E-state index contributed by atoms with van der Waals surface area (Å²) in [4.78, 5) is 17.2. The summed E-state index contributed by atoms with van der Waals surface area (Å²) in [5.74, 6) is 1.03. The maximum atomic E-state index is 12.4. The molecule has 0 aliphatic rings. The zero-order valence-electron chi connectivity index (χ0n) is 14.9. The third kappa shape index (κ3) is 3.06. The zero-order chi connectivity index (χ0) is 18.1. The molecular formula is C22H21N3O. The van der Waals surface area contributed by atoms with Gasteiger partial charge in [0.2, 0.25) is 5.91 Å². The normalized spacial score (nSPS) is 11.3. The highest BCUT2D eigenvalue weighted by Gasteiger charge is 2.17. The number of hydrogen-bond donors (Lipinski definition) is 1. The molecule has 0 atom stereocenters. The number of hydrogen-bond acceptors (Lipinski definition) is 2. The Labute approximate surface area is 152 Å². The number of amides is 1. The number of fused-ring (bicyclic) bond motifs is 2. The van der Waals surface area contributed by atoms with Crippen molar-refractivity contribution in [3.63, 3.8) is 0 Å². The molecule has 0 saturated carbocycles. The minimum absolute atomic E-state index is 0.00712. The molecule has 4 rings (SSSR count). The van der Waals surface area contributed by atoms with Gasteiger partial charge in [-0.25, -0.2) is 4.98 Å². The number of imidazole rings is 1. The molecule has 2 heterocycles. The summed E-state index contributed by atoms with van der Waals surface area (Å²) in [6.07, 6.45) is 2.41. The Kier molecular flexibility index (Phi) is 4.17. The van der Waals surface area contributed by atoms with Gasteiger partial charge in [-0.1, -0.05) is 56.3 Å². The summed E-state index contributed by atoms with van der Waals surface area (Å²) < 4.78 is 1.93. The Hall–Kier alpha value is -3.14. The van der Waals surface area contributed by atoms with Crippen LogP contribution in [0.15, 0.2) is 66.9 Å². The van der Waals surface area contributed by atoms with E-state index in [0.29, 0.717) is 12.3 Å². The maximum absolute atomic E-state index is 12.4. The molecule has 1 N–H and O–H groups in total. The van der Waals surface area contributed by atoms with Gasteiger partial charge < -0.3 is 5.32 Å². The van der Waals surface area contributed by atoms with E-state index in [1.165, 1.54) is 5.39 Å². The highest BCUT2D eigenvalue weighted by atomic mass is 16.1. The van der Waals surface area contributed by atoms with Crippen LogP contribution < -0.4 is 5.32 Å². The Morgan fingerprint density at radius 2 is 1.81 bits per heavy atom. The van der Waals surface area contributed by atoms with Gasteiger partial charge in [-0.05, 0) is 34.9 Å². The Balaban J connectivity index is 1.85. The van der Waals surface area contributed by atoms with Crippen molar-refractivity contribution in [1.82, 2.24) is 9.38 Å². The number of nitrogens with one attached hydrogen (secondary N) is 1. The van der Waals surface area contributed by atoms with Crippen LogP contribution in [-0.4, -0.2) is 15.3 Å². The van der Waals surface area contributed by atoms with E-state index < -0.39 is 0 Å². The van der Waals surface area contributed by atoms with Gasteiger partial charge >= 0.3 is 0 Å². The summed E-state index contributed by atoms with van der Waals surface area (Å²) in [6, 6.07) is 20.4. The molecule has 4 heteroatoms. The van der Waals surface area contributed by atoms with Crippen LogP contribution >= 0.6 is 0 Å². The van der Waals surface area contributed by atoms with Crippen molar-refractivity contribution < 1.29 is 4.79 Å². The molecule has 0 fully saturated rings. The quantitative estimate of drug-likeness (QED) is 0.558. The standard InChI is InChI=1S/C22H21N3O/c1-15(2)13-20(26)24-22-21(23-19-9-5-6-12-25(19)22)18-11-10-16-7-3-4-8-17(16)14-18/h3-12,14-15H,13H2,1-2H3,(H,24,26). The van der Waals surface area contributed by atoms with Crippen molar-refractivity contribution >= 4 is 28.1 Å². The van der Waals surface area contributed by atoms with E-state index >= 15 is 0 Å². The molecule has 0 saturated heterocycles. The summed E-state index contributed by atoms with van der Waals surface area (Å²) >= 11 is 0. The number of carbonyl (C=O) groups excluding carboxylic acids is 1. The van der Waals surface area contributed by atoms with Gasteiger partial charge in [0.05, 0.1) is 0 Å². The first-order valence-electron chi connectivity index (χ1n) is 8.88. The molecule has 4 nitrogen and oxygen atoms in total. The van der Waals surface area contributed by atoms with Gasteiger partial charge in [-0.15, -0.1) is 0 Å². The van der Waals surface area contributed by atoms with Crippen LogP contribution in [0.25, 0.3) is 27.7 Å². The van der Waals surface area contributed by atoms with E-state index in [0.717, 1.165) is 28.1 Å². The number of benzene rings is 2. The number of rotatable bonds is 4. The van der Waals surface area contributed by atoms with Crippen molar-refractivity contribution in [2.75, 3.05) is 5.32 Å². The van der Waals surface area contributed by atoms with Crippen LogP contribution in [0.1, 0.15) is 20.3 Å². The van der Waals surface area contributed by atoms with E-state index in [1.54, 1.807) is 0 Å². The average molecular weight is 343 g/mol. The number of pyridine rings is 1. The first kappa shape index (κ1) is 16.3. The van der Waals surface area contributed by atoms with E-state index in [4.69, 9.17) is 4.98 Å². The summed E-state index contributed by atoms with van der Waals surface area (Å²) in [5.41, 5.74) is 2.60. The fraction of sp³-hybridized carbons (Fsp3) is 0.182. The summed E-state index contributed by atoms with van der Waals surface area (Å²) in [7, 11) is 0. The monoisotopic (exact) mass is 343 g/mol. The summed E-state index contributed by atoms with van der Waals surface area (Å²) in [5, 5.41) is 5.41. The van der Waals surface area contributed by atoms with Gasteiger partial charge in [0.1, 0.15) is 17.2 Å². The largest absolute Gasteiger partial charge is 0.310 e. The van der Waals surface area contributed by atoms with Crippen molar-refractivity contribution in [3.05, 3.63) is 66.9 Å². The molecule has 0 spiro atoms. The average Bonchev–Trinajstić information content (AvgIpc) is 2.99. The molecule has 2 aromatic carbocycles. The Morgan fingerprint density at radius 3 is 2.62 bits per heavy atom. The molecular weight excluding hydrogens is 322 g/mol. The molecule has 130 valence electrons. The molecule has 0 unspecified atom stereocenters. The van der Waals surface area contributed by atoms with E-state index in [9.17, 15) is 4.79 Å². The highest BCUT2D eigenvalue weighted by molar-refractivity contribution is 5.96. The fourth-order valence-corrected chi connectivity index (χ4v) is 3.21. The van der Waals surface area contributed by atoms with Gasteiger partial charge in [-0.2, -0.15) is 0 Å². The van der Waals surface area contributed by atoms with E-state index in [1.807, 2.05) is 54.8 Å². The minimum atomic E-state index is 0.00712. The minimum Gasteiger partial charge on any atom is -0.310 e. The third-order valence-corrected chi connectivity index (χ3v) is 4.40. The topological polar surface area (TPSA) is 46.4 Å². The number of nitrogens with zero attached hydrogens (tertiary/aromatic N) is 2. The van der Waals surface area contributed by atoms with Crippen LogP contribution in [0.3, 0.4) is 0 Å². The van der Waals surface area contributed by atoms with Gasteiger partial charge in [0.15, 0.2) is 0 Å². The second-order valence-electron chi connectivity index (χ2n) is 6.95. The molecule has 26 heavy (non-hydrogen) atoms. The lowest BCUT2D eigenvalue weighted by atomic mass is 10.0. The Morgan fingerprint density at radius 1 is 1.04 bits per heavy atom. The summed E-state index contributed by atoms with van der Waals surface area (Å²) in [6.45, 7) is 4.08. The second kappa shape index (κ2) is 6.64. The van der Waals surface area contributed by atoms with Crippen molar-refractivity contribution in [2.45, 2.75) is 20.3 Å². The zero-order valence-corrected chi connectivity index (χ0v) is 14.9. The van der Waals surface area contributed by atoms with Gasteiger partial charge in [-0.3, -0.25) is 9.20 Å². The molecule has 0 radical (unpaired) electrons. The number of anilines is 1. The fourth-order valence-electron chi connectivity index (χ4n) is 3.21. The number of aromatic nitrogens is 2. The lowest BCUT2D eigenvalue weighted by Gasteiger charge is -2.09. The number of carbonyl (C=O) groups is 1. The smallest absolute Gasteiger partial charge is 0.225 e. The Bertz CT molecular complexity index is 1090. The van der Waals surface area contributed by atoms with E-state index in [2.05, 4.69) is 35.6 Å². The predicted molar refractivity (Wildman–Crippen MR) is 106 cm³/mol.